The van der Waals surface area contributed by atoms with Crippen molar-refractivity contribution in [2.24, 2.45) is 0 Å². The average Bonchev–Trinajstić information content (AvgIpc) is 2.63. The van der Waals surface area contributed by atoms with Gasteiger partial charge in [-0.2, -0.15) is 0 Å². The van der Waals surface area contributed by atoms with Crippen LogP contribution in [0.1, 0.15) is 18.1 Å². The first-order valence-electron chi connectivity index (χ1n) is 8.41. The third-order valence-corrected chi connectivity index (χ3v) is 5.80. The molecule has 144 valence electrons. The van der Waals surface area contributed by atoms with E-state index in [1.807, 2.05) is 19.9 Å². The number of hydrogen-bond acceptors (Lipinski definition) is 4. The molecule has 28 heavy (non-hydrogen) atoms. The zero-order valence-electron chi connectivity index (χ0n) is 15.1. The Kier molecular flexibility index (Phi) is 6.19. The van der Waals surface area contributed by atoms with Gasteiger partial charge in [-0.25, -0.2) is 9.69 Å². The van der Waals surface area contributed by atoms with Crippen LogP contribution in [0.15, 0.2) is 46.4 Å². The summed E-state index contributed by atoms with van der Waals surface area (Å²) in [6.45, 7) is 4.29. The number of carbonyl (C=O) groups is 3. The van der Waals surface area contributed by atoms with Crippen LogP contribution in [-0.2, 0) is 9.59 Å². The summed E-state index contributed by atoms with van der Waals surface area (Å²) in [6.07, 6.45) is 1.47. The van der Waals surface area contributed by atoms with Gasteiger partial charge in [-0.05, 0) is 84.0 Å². The number of rotatable bonds is 4. The number of benzene rings is 2. The number of nitrogens with one attached hydrogen (secondary N) is 1. The van der Waals surface area contributed by atoms with E-state index < -0.39 is 17.8 Å². The van der Waals surface area contributed by atoms with Gasteiger partial charge in [-0.3, -0.25) is 14.9 Å². The van der Waals surface area contributed by atoms with Crippen LogP contribution in [0.2, 0.25) is 0 Å². The molecule has 2 aromatic rings. The number of aryl methyl sites for hydroxylation is 1. The Morgan fingerprint density at radius 1 is 1.18 bits per heavy atom. The molecule has 0 atom stereocenters. The number of ether oxygens (including phenoxy) is 1. The third kappa shape index (κ3) is 4.12. The van der Waals surface area contributed by atoms with Crippen molar-refractivity contribution in [3.8, 4) is 5.75 Å². The maximum atomic E-state index is 12.9. The molecule has 0 saturated carbocycles. The minimum absolute atomic E-state index is 0.111. The summed E-state index contributed by atoms with van der Waals surface area (Å²) in [5.74, 6) is -0.657. The second-order valence-corrected chi connectivity index (χ2v) is 8.03. The number of carbonyl (C=O) groups excluding carboxylic acids is 3. The molecule has 0 aromatic heterocycles. The van der Waals surface area contributed by atoms with Crippen LogP contribution < -0.4 is 15.0 Å². The van der Waals surface area contributed by atoms with Gasteiger partial charge in [0, 0.05) is 4.47 Å². The maximum absolute atomic E-state index is 12.9. The van der Waals surface area contributed by atoms with Crippen molar-refractivity contribution in [2.75, 3.05) is 11.5 Å². The van der Waals surface area contributed by atoms with E-state index in [1.165, 1.54) is 6.08 Å². The first-order chi connectivity index (χ1) is 13.3. The van der Waals surface area contributed by atoms with Gasteiger partial charge < -0.3 is 4.74 Å². The van der Waals surface area contributed by atoms with E-state index in [0.29, 0.717) is 17.9 Å². The number of halogens is 2. The summed E-state index contributed by atoms with van der Waals surface area (Å²) in [5.41, 5.74) is 1.80. The fourth-order valence-electron chi connectivity index (χ4n) is 2.71. The van der Waals surface area contributed by atoms with Gasteiger partial charge in [0.2, 0.25) is 0 Å². The van der Waals surface area contributed by atoms with Crippen LogP contribution >= 0.6 is 38.5 Å². The van der Waals surface area contributed by atoms with Gasteiger partial charge in [0.25, 0.3) is 11.8 Å². The van der Waals surface area contributed by atoms with Gasteiger partial charge in [0.15, 0.2) is 0 Å². The van der Waals surface area contributed by atoms with Crippen molar-refractivity contribution in [1.29, 1.82) is 0 Å². The Bertz CT molecular complexity index is 1020. The van der Waals surface area contributed by atoms with Crippen LogP contribution in [0.4, 0.5) is 10.5 Å². The highest BCUT2D eigenvalue weighted by Gasteiger charge is 2.36. The third-order valence-electron chi connectivity index (χ3n) is 4.07. The van der Waals surface area contributed by atoms with E-state index in [-0.39, 0.29) is 5.57 Å². The van der Waals surface area contributed by atoms with Gasteiger partial charge in [0.1, 0.15) is 11.3 Å². The predicted molar refractivity (Wildman–Crippen MR) is 118 cm³/mol. The lowest BCUT2D eigenvalue weighted by molar-refractivity contribution is -0.122. The monoisotopic (exact) mass is 554 g/mol. The second kappa shape index (κ2) is 8.44. The summed E-state index contributed by atoms with van der Waals surface area (Å²) >= 11 is 5.52. The molecule has 1 heterocycles. The zero-order chi connectivity index (χ0) is 20.4. The molecule has 0 unspecified atom stereocenters. The summed E-state index contributed by atoms with van der Waals surface area (Å²) in [4.78, 5) is 38.5. The Balaban J connectivity index is 1.98. The lowest BCUT2D eigenvalue weighted by atomic mass is 10.1. The first kappa shape index (κ1) is 20.5. The van der Waals surface area contributed by atoms with Crippen LogP contribution in [-0.4, -0.2) is 24.5 Å². The number of imide groups is 2. The van der Waals surface area contributed by atoms with Crippen LogP contribution in [0.25, 0.3) is 6.08 Å². The second-order valence-electron chi connectivity index (χ2n) is 6.01. The van der Waals surface area contributed by atoms with Gasteiger partial charge >= 0.3 is 6.03 Å². The van der Waals surface area contributed by atoms with E-state index in [9.17, 15) is 14.4 Å². The van der Waals surface area contributed by atoms with Gasteiger partial charge in [0.05, 0.1) is 15.9 Å². The fourth-order valence-corrected chi connectivity index (χ4v) is 3.65. The predicted octanol–water partition coefficient (Wildman–Crippen LogP) is 4.43. The molecule has 1 aliphatic heterocycles. The van der Waals surface area contributed by atoms with E-state index >= 15 is 0 Å². The molecule has 1 aliphatic rings. The van der Waals surface area contributed by atoms with Crippen molar-refractivity contribution in [3.63, 3.8) is 0 Å². The minimum atomic E-state index is -0.768. The highest BCUT2D eigenvalue weighted by atomic mass is 127. The van der Waals surface area contributed by atoms with Crippen molar-refractivity contribution in [1.82, 2.24) is 5.32 Å². The molecule has 1 N–H and O–H groups in total. The summed E-state index contributed by atoms with van der Waals surface area (Å²) < 4.78 is 7.22. The molecule has 6 nitrogen and oxygen atoms in total. The van der Waals surface area contributed by atoms with E-state index in [1.54, 1.807) is 30.3 Å². The van der Waals surface area contributed by atoms with Gasteiger partial charge in [-0.15, -0.1) is 0 Å². The highest BCUT2D eigenvalue weighted by Crippen LogP contribution is 2.27. The van der Waals surface area contributed by atoms with Crippen molar-refractivity contribution < 1.29 is 19.1 Å². The van der Waals surface area contributed by atoms with Crippen LogP contribution in [0.3, 0.4) is 0 Å². The largest absolute Gasteiger partial charge is 0.493 e. The standard InChI is InChI=1S/C20H16BrIN2O4/c1-3-28-17-7-4-12(10-16(17)22)9-14-18(25)23-20(27)24(19(14)26)13-5-6-15(21)11(2)8-13/h4-10H,3H2,1-2H3,(H,23,25,27)/b14-9+. The Morgan fingerprint density at radius 2 is 1.93 bits per heavy atom. The molecule has 0 bridgehead atoms. The highest BCUT2D eigenvalue weighted by molar-refractivity contribution is 14.1. The average molecular weight is 555 g/mol. The Morgan fingerprint density at radius 3 is 2.57 bits per heavy atom. The molecule has 2 aromatic carbocycles. The number of urea groups is 1. The van der Waals surface area contributed by atoms with Crippen LogP contribution in [0, 0.1) is 10.5 Å². The van der Waals surface area contributed by atoms with E-state index in [2.05, 4.69) is 43.8 Å². The molecule has 0 radical (unpaired) electrons. The molecule has 0 aliphatic carbocycles. The molecule has 1 saturated heterocycles. The summed E-state index contributed by atoms with van der Waals surface area (Å²) in [7, 11) is 0. The maximum Gasteiger partial charge on any atom is 0.335 e. The van der Waals surface area contributed by atoms with Crippen molar-refractivity contribution in [2.45, 2.75) is 13.8 Å². The quantitative estimate of drug-likeness (QED) is 0.345. The normalized spacial score (nSPS) is 15.8. The number of amides is 4. The molecule has 8 heteroatoms. The molecular weight excluding hydrogens is 539 g/mol. The molecule has 1 fully saturated rings. The Hall–Kier alpha value is -2.20. The topological polar surface area (TPSA) is 75.7 Å². The van der Waals surface area contributed by atoms with E-state index in [0.717, 1.165) is 24.3 Å². The first-order valence-corrected chi connectivity index (χ1v) is 10.3. The molecular formula is C20H16BrIN2O4. The number of nitrogens with zero attached hydrogens (tertiary/aromatic N) is 1. The minimum Gasteiger partial charge on any atom is -0.493 e. The number of barbiturate groups is 1. The van der Waals surface area contributed by atoms with Gasteiger partial charge in [-0.1, -0.05) is 22.0 Å². The molecule has 3 rings (SSSR count). The Labute approximate surface area is 184 Å². The lowest BCUT2D eigenvalue weighted by Crippen LogP contribution is -2.54. The zero-order valence-corrected chi connectivity index (χ0v) is 18.8. The number of hydrogen-bond donors (Lipinski definition) is 1. The number of anilines is 1. The van der Waals surface area contributed by atoms with Crippen molar-refractivity contribution >= 4 is 68.1 Å². The van der Waals surface area contributed by atoms with Crippen molar-refractivity contribution in [3.05, 3.63) is 61.1 Å². The van der Waals surface area contributed by atoms with Crippen LogP contribution in [0.5, 0.6) is 5.75 Å². The van der Waals surface area contributed by atoms with E-state index in [4.69, 9.17) is 4.74 Å². The summed E-state index contributed by atoms with van der Waals surface area (Å²) in [5, 5.41) is 2.23. The SMILES string of the molecule is CCOc1ccc(/C=C2\C(=O)NC(=O)N(c3ccc(Br)c(C)c3)C2=O)cc1I. The lowest BCUT2D eigenvalue weighted by Gasteiger charge is -2.26. The smallest absolute Gasteiger partial charge is 0.335 e. The fraction of sp³-hybridized carbons (Fsp3) is 0.150. The molecule has 0 spiro atoms. The molecule has 4 amide bonds. The summed E-state index contributed by atoms with van der Waals surface area (Å²) in [6, 6.07) is 9.67.